The molecule has 1 aromatic carbocycles. The van der Waals surface area contributed by atoms with E-state index in [9.17, 15) is 4.39 Å². The Labute approximate surface area is 123 Å². The molecule has 1 saturated heterocycles. The number of piperazine rings is 1. The van der Waals surface area contributed by atoms with Crippen LogP contribution in [0, 0.1) is 5.82 Å². The van der Waals surface area contributed by atoms with Gasteiger partial charge >= 0.3 is 0 Å². The molecule has 0 amide bonds. The number of anilines is 2. The predicted octanol–water partition coefficient (Wildman–Crippen LogP) is 1.64. The van der Waals surface area contributed by atoms with Crippen molar-refractivity contribution in [3.8, 4) is 0 Å². The van der Waals surface area contributed by atoms with E-state index in [2.05, 4.69) is 25.5 Å². The molecule has 0 bridgehead atoms. The van der Waals surface area contributed by atoms with Crippen molar-refractivity contribution in [2.75, 3.05) is 36.4 Å². The van der Waals surface area contributed by atoms with E-state index >= 15 is 0 Å². The number of nitrogens with zero attached hydrogens (tertiary/aromatic N) is 3. The Hall–Kier alpha value is -2.21. The Morgan fingerprint density at radius 2 is 2.10 bits per heavy atom. The zero-order chi connectivity index (χ0) is 14.5. The Morgan fingerprint density at radius 1 is 1.24 bits per heavy atom. The van der Waals surface area contributed by atoms with Gasteiger partial charge in [0.05, 0.1) is 0 Å². The average Bonchev–Trinajstić information content (AvgIpc) is 2.54. The second-order valence-electron chi connectivity index (χ2n) is 4.96. The summed E-state index contributed by atoms with van der Waals surface area (Å²) in [4.78, 5) is 11.0. The first kappa shape index (κ1) is 13.8. The Balaban J connectivity index is 1.65. The molecule has 5 nitrogen and oxygen atoms in total. The average molecular weight is 287 g/mol. The molecule has 3 rings (SSSR count). The number of aromatic nitrogens is 2. The molecule has 0 saturated carbocycles. The second-order valence-corrected chi connectivity index (χ2v) is 4.96. The standard InChI is InChI=1S/C15H18FN5/c16-13-3-1-2-12(10-13)11-19-15-18-5-4-14(20-15)21-8-6-17-7-9-21/h1-5,10,17H,6-9,11H2,(H,18,19,20). The van der Waals surface area contributed by atoms with E-state index in [-0.39, 0.29) is 5.82 Å². The molecule has 2 heterocycles. The molecular weight excluding hydrogens is 269 g/mol. The van der Waals surface area contributed by atoms with Crippen molar-refractivity contribution < 1.29 is 4.39 Å². The largest absolute Gasteiger partial charge is 0.354 e. The number of hydrogen-bond donors (Lipinski definition) is 2. The van der Waals surface area contributed by atoms with E-state index in [0.717, 1.165) is 37.6 Å². The van der Waals surface area contributed by atoms with Gasteiger partial charge in [-0.3, -0.25) is 0 Å². The van der Waals surface area contributed by atoms with Gasteiger partial charge in [-0.2, -0.15) is 4.98 Å². The topological polar surface area (TPSA) is 53.1 Å². The normalized spacial score (nSPS) is 15.0. The lowest BCUT2D eigenvalue weighted by atomic mass is 10.2. The Bertz CT molecular complexity index is 598. The van der Waals surface area contributed by atoms with Crippen LogP contribution in [0.1, 0.15) is 5.56 Å². The molecule has 0 spiro atoms. The van der Waals surface area contributed by atoms with Gasteiger partial charge in [0.1, 0.15) is 11.6 Å². The number of hydrogen-bond acceptors (Lipinski definition) is 5. The van der Waals surface area contributed by atoms with Crippen molar-refractivity contribution in [1.29, 1.82) is 0 Å². The summed E-state index contributed by atoms with van der Waals surface area (Å²) in [5, 5.41) is 6.45. The SMILES string of the molecule is Fc1cccc(CNc2nccc(N3CCNCC3)n2)c1. The van der Waals surface area contributed by atoms with Crippen molar-refractivity contribution in [3.63, 3.8) is 0 Å². The van der Waals surface area contributed by atoms with E-state index in [4.69, 9.17) is 0 Å². The predicted molar refractivity (Wildman–Crippen MR) is 80.8 cm³/mol. The van der Waals surface area contributed by atoms with Gasteiger partial charge in [-0.25, -0.2) is 9.37 Å². The van der Waals surface area contributed by atoms with Gasteiger partial charge in [0, 0.05) is 38.9 Å². The van der Waals surface area contributed by atoms with Crippen LogP contribution >= 0.6 is 0 Å². The lowest BCUT2D eigenvalue weighted by Crippen LogP contribution is -2.43. The molecule has 0 aliphatic carbocycles. The van der Waals surface area contributed by atoms with Gasteiger partial charge in [0.15, 0.2) is 0 Å². The van der Waals surface area contributed by atoms with E-state index in [1.807, 2.05) is 12.1 Å². The molecule has 1 aliphatic heterocycles. The molecule has 2 N–H and O–H groups in total. The van der Waals surface area contributed by atoms with Crippen molar-refractivity contribution in [1.82, 2.24) is 15.3 Å². The highest BCUT2D eigenvalue weighted by atomic mass is 19.1. The molecule has 0 radical (unpaired) electrons. The maximum absolute atomic E-state index is 13.1. The molecule has 1 aromatic heterocycles. The van der Waals surface area contributed by atoms with E-state index in [1.165, 1.54) is 12.1 Å². The summed E-state index contributed by atoms with van der Waals surface area (Å²) in [6.45, 7) is 4.33. The highest BCUT2D eigenvalue weighted by molar-refractivity contribution is 5.43. The summed E-state index contributed by atoms with van der Waals surface area (Å²) >= 11 is 0. The van der Waals surface area contributed by atoms with Gasteiger partial charge in [-0.15, -0.1) is 0 Å². The third-order valence-electron chi connectivity index (χ3n) is 3.42. The second kappa shape index (κ2) is 6.49. The van der Waals surface area contributed by atoms with Crippen molar-refractivity contribution >= 4 is 11.8 Å². The van der Waals surface area contributed by atoms with Crippen LogP contribution in [0.3, 0.4) is 0 Å². The molecule has 21 heavy (non-hydrogen) atoms. The smallest absolute Gasteiger partial charge is 0.224 e. The quantitative estimate of drug-likeness (QED) is 0.895. The monoisotopic (exact) mass is 287 g/mol. The van der Waals surface area contributed by atoms with Crippen LogP contribution < -0.4 is 15.5 Å². The van der Waals surface area contributed by atoms with E-state index < -0.39 is 0 Å². The number of rotatable bonds is 4. The van der Waals surface area contributed by atoms with E-state index in [1.54, 1.807) is 12.3 Å². The fourth-order valence-electron chi connectivity index (χ4n) is 2.33. The van der Waals surface area contributed by atoms with Crippen LogP contribution in [0.25, 0.3) is 0 Å². The third kappa shape index (κ3) is 3.66. The van der Waals surface area contributed by atoms with Crippen molar-refractivity contribution in [2.24, 2.45) is 0 Å². The summed E-state index contributed by atoms with van der Waals surface area (Å²) in [6, 6.07) is 8.43. The van der Waals surface area contributed by atoms with Gasteiger partial charge in [-0.05, 0) is 23.8 Å². The first-order chi connectivity index (χ1) is 10.3. The molecule has 1 fully saturated rings. The minimum Gasteiger partial charge on any atom is -0.354 e. The minimum absolute atomic E-state index is 0.232. The van der Waals surface area contributed by atoms with Gasteiger partial charge in [0.2, 0.25) is 5.95 Å². The van der Waals surface area contributed by atoms with Crippen LogP contribution in [0.2, 0.25) is 0 Å². The Kier molecular flexibility index (Phi) is 4.25. The lowest BCUT2D eigenvalue weighted by molar-refractivity contribution is 0.584. The number of nitrogens with one attached hydrogen (secondary N) is 2. The molecule has 110 valence electrons. The van der Waals surface area contributed by atoms with Crippen molar-refractivity contribution in [3.05, 3.63) is 47.9 Å². The summed E-state index contributed by atoms with van der Waals surface area (Å²) in [5.74, 6) is 1.26. The summed E-state index contributed by atoms with van der Waals surface area (Å²) in [7, 11) is 0. The third-order valence-corrected chi connectivity index (χ3v) is 3.42. The van der Waals surface area contributed by atoms with Crippen molar-refractivity contribution in [2.45, 2.75) is 6.54 Å². The number of halogens is 1. The molecule has 0 atom stereocenters. The first-order valence-corrected chi connectivity index (χ1v) is 7.08. The Morgan fingerprint density at radius 3 is 2.90 bits per heavy atom. The van der Waals surface area contributed by atoms with Gasteiger partial charge < -0.3 is 15.5 Å². The number of benzene rings is 1. The highest BCUT2D eigenvalue weighted by Gasteiger charge is 2.12. The summed E-state index contributed by atoms with van der Waals surface area (Å²) in [6.07, 6.45) is 1.75. The van der Waals surface area contributed by atoms with Crippen LogP contribution in [0.4, 0.5) is 16.2 Å². The molecule has 2 aromatic rings. The fourth-order valence-corrected chi connectivity index (χ4v) is 2.33. The van der Waals surface area contributed by atoms with Crippen LogP contribution in [-0.2, 0) is 6.54 Å². The maximum atomic E-state index is 13.1. The molecule has 0 unspecified atom stereocenters. The molecule has 1 aliphatic rings. The van der Waals surface area contributed by atoms with Crippen LogP contribution in [0.5, 0.6) is 0 Å². The molecule has 6 heteroatoms. The van der Waals surface area contributed by atoms with Crippen LogP contribution in [-0.4, -0.2) is 36.1 Å². The zero-order valence-corrected chi connectivity index (χ0v) is 11.7. The van der Waals surface area contributed by atoms with E-state index in [0.29, 0.717) is 12.5 Å². The zero-order valence-electron chi connectivity index (χ0n) is 11.7. The van der Waals surface area contributed by atoms with Gasteiger partial charge in [-0.1, -0.05) is 12.1 Å². The molecular formula is C15H18FN5. The minimum atomic E-state index is -0.232. The highest BCUT2D eigenvalue weighted by Crippen LogP contribution is 2.13. The summed E-state index contributed by atoms with van der Waals surface area (Å²) < 4.78 is 13.1. The maximum Gasteiger partial charge on any atom is 0.224 e. The van der Waals surface area contributed by atoms with Gasteiger partial charge in [0.25, 0.3) is 0 Å². The van der Waals surface area contributed by atoms with Crippen LogP contribution in [0.15, 0.2) is 36.5 Å². The lowest BCUT2D eigenvalue weighted by Gasteiger charge is -2.28. The first-order valence-electron chi connectivity index (χ1n) is 7.08. The summed E-state index contributed by atoms with van der Waals surface area (Å²) in [5.41, 5.74) is 0.867. The fraction of sp³-hybridized carbons (Fsp3) is 0.333.